The number of amides is 1. The highest BCUT2D eigenvalue weighted by Gasteiger charge is 2.46. The molecule has 3 heterocycles. The smallest absolute Gasteiger partial charge is 0.296 e. The predicted octanol–water partition coefficient (Wildman–Crippen LogP) is 6.52. The number of aliphatic hydroxyl groups is 1. The maximum atomic E-state index is 13.3. The highest BCUT2D eigenvalue weighted by molar-refractivity contribution is 9.10. The van der Waals surface area contributed by atoms with E-state index >= 15 is 0 Å². The fourth-order valence-corrected chi connectivity index (χ4v) is 6.11. The summed E-state index contributed by atoms with van der Waals surface area (Å²) < 4.78 is 1.83. The molecule has 0 radical (unpaired) electrons. The van der Waals surface area contributed by atoms with Crippen LogP contribution in [-0.4, -0.2) is 21.8 Å². The van der Waals surface area contributed by atoms with Crippen LogP contribution >= 0.6 is 38.6 Å². The largest absolute Gasteiger partial charge is 0.503 e. The van der Waals surface area contributed by atoms with Crippen molar-refractivity contribution in [3.63, 3.8) is 0 Å². The van der Waals surface area contributed by atoms with E-state index in [0.717, 1.165) is 31.4 Å². The molecule has 1 N–H and O–H groups in total. The number of aromatic nitrogens is 1. The molecule has 0 spiro atoms. The number of carbonyl (C=O) groups is 2. The molecule has 0 bridgehead atoms. The van der Waals surface area contributed by atoms with Crippen molar-refractivity contribution < 1.29 is 14.7 Å². The fourth-order valence-electron chi connectivity index (χ4n) is 4.00. The van der Waals surface area contributed by atoms with Gasteiger partial charge in [-0.05, 0) is 60.2 Å². The first kappa shape index (κ1) is 21.1. The topological polar surface area (TPSA) is 70.5 Å². The van der Waals surface area contributed by atoms with E-state index in [0.29, 0.717) is 10.0 Å². The summed E-state index contributed by atoms with van der Waals surface area (Å²) in [5, 5.41) is 13.1. The molecule has 160 valence electrons. The lowest BCUT2D eigenvalue weighted by Gasteiger charge is -2.24. The molecule has 1 aliphatic heterocycles. The average Bonchev–Trinajstić information content (AvgIpc) is 3.48. The van der Waals surface area contributed by atoms with Crippen molar-refractivity contribution in [3.8, 4) is 0 Å². The second-order valence-electron chi connectivity index (χ2n) is 7.62. The van der Waals surface area contributed by atoms with Gasteiger partial charge in [0.15, 0.2) is 10.9 Å². The van der Waals surface area contributed by atoms with Gasteiger partial charge < -0.3 is 5.11 Å². The molecular weight excluding hydrogens is 508 g/mol. The molecular formula is C24H17BrN2O3S2. The van der Waals surface area contributed by atoms with Crippen LogP contribution in [0.25, 0.3) is 10.2 Å². The number of carbonyl (C=O) groups excluding carboxylic acids is 2. The summed E-state index contributed by atoms with van der Waals surface area (Å²) in [7, 11) is 0. The number of rotatable bonds is 4. The highest BCUT2D eigenvalue weighted by atomic mass is 79.9. The number of thiophene rings is 1. The number of Topliss-reactive ketones (excluding diaryl/α,β-unsaturated/α-hetero) is 1. The third-order valence-electron chi connectivity index (χ3n) is 5.41. The number of ketones is 1. The van der Waals surface area contributed by atoms with Crippen LogP contribution in [0.2, 0.25) is 0 Å². The molecule has 2 aromatic carbocycles. The maximum Gasteiger partial charge on any atom is 0.296 e. The van der Waals surface area contributed by atoms with Gasteiger partial charge >= 0.3 is 0 Å². The van der Waals surface area contributed by atoms with Gasteiger partial charge in [0, 0.05) is 4.47 Å². The van der Waals surface area contributed by atoms with E-state index in [-0.39, 0.29) is 11.4 Å². The minimum absolute atomic E-state index is 0.0759. The molecule has 0 fully saturated rings. The van der Waals surface area contributed by atoms with Crippen molar-refractivity contribution in [2.24, 2.45) is 0 Å². The van der Waals surface area contributed by atoms with Crippen LogP contribution in [-0.2, 0) is 4.79 Å². The average molecular weight is 525 g/mol. The van der Waals surface area contributed by atoms with Gasteiger partial charge in [-0.2, -0.15) is 0 Å². The minimum Gasteiger partial charge on any atom is -0.503 e. The lowest BCUT2D eigenvalue weighted by atomic mass is 9.96. The van der Waals surface area contributed by atoms with E-state index in [1.807, 2.05) is 50.2 Å². The minimum atomic E-state index is -0.771. The number of halogens is 1. The van der Waals surface area contributed by atoms with Crippen LogP contribution in [0.4, 0.5) is 5.13 Å². The zero-order valence-corrected chi connectivity index (χ0v) is 20.3. The van der Waals surface area contributed by atoms with Gasteiger partial charge in [-0.25, -0.2) is 4.98 Å². The number of hydrogen-bond acceptors (Lipinski definition) is 6. The number of aliphatic hydroxyl groups excluding tert-OH is 1. The molecule has 5 nitrogen and oxygen atoms in total. The van der Waals surface area contributed by atoms with Gasteiger partial charge in [-0.3, -0.25) is 14.5 Å². The fraction of sp³-hybridized carbons (Fsp3) is 0.125. The van der Waals surface area contributed by atoms with E-state index in [1.54, 1.807) is 17.5 Å². The van der Waals surface area contributed by atoms with E-state index in [4.69, 9.17) is 4.98 Å². The second-order valence-corrected chi connectivity index (χ2v) is 10.5. The van der Waals surface area contributed by atoms with E-state index in [2.05, 4.69) is 15.9 Å². The first-order valence-electron chi connectivity index (χ1n) is 9.83. The summed E-state index contributed by atoms with van der Waals surface area (Å²) in [6, 6.07) is 14.2. The van der Waals surface area contributed by atoms with Gasteiger partial charge in [0.2, 0.25) is 5.78 Å². The van der Waals surface area contributed by atoms with Crippen LogP contribution < -0.4 is 4.90 Å². The number of nitrogens with zero attached hydrogens (tertiary/aromatic N) is 2. The maximum absolute atomic E-state index is 13.3. The van der Waals surface area contributed by atoms with Gasteiger partial charge in [-0.1, -0.05) is 51.5 Å². The molecule has 0 saturated heterocycles. The highest BCUT2D eigenvalue weighted by Crippen LogP contribution is 2.45. The van der Waals surface area contributed by atoms with Crippen LogP contribution in [0.15, 0.2) is 69.7 Å². The van der Waals surface area contributed by atoms with Crippen molar-refractivity contribution in [2.45, 2.75) is 19.9 Å². The molecule has 4 aromatic rings. The van der Waals surface area contributed by atoms with Crippen LogP contribution in [0, 0.1) is 13.8 Å². The monoisotopic (exact) mass is 524 g/mol. The Kier molecular flexibility index (Phi) is 5.23. The number of thiazole rings is 1. The molecule has 2 aromatic heterocycles. The standard InChI is InChI=1S/C24H17BrN2O3S2/c1-12-10-13(2)19-17(11-12)32-24(26-19)27-20(14-5-7-15(25)8-6-14)18(22(29)23(27)30)21(28)16-4-3-9-31-16/h3-11,20,29H,1-2H3. The zero-order chi connectivity index (χ0) is 22.6. The van der Waals surface area contributed by atoms with Gasteiger partial charge in [-0.15, -0.1) is 11.3 Å². The summed E-state index contributed by atoms with van der Waals surface area (Å²) in [6.45, 7) is 4.00. The van der Waals surface area contributed by atoms with Crippen LogP contribution in [0.3, 0.4) is 0 Å². The Bertz CT molecular complexity index is 1410. The molecule has 5 rings (SSSR count). The predicted molar refractivity (Wildman–Crippen MR) is 132 cm³/mol. The lowest BCUT2D eigenvalue weighted by molar-refractivity contribution is -0.117. The summed E-state index contributed by atoms with van der Waals surface area (Å²) >= 11 is 6.09. The van der Waals surface area contributed by atoms with E-state index in [9.17, 15) is 14.7 Å². The Labute approximate surface area is 200 Å². The van der Waals surface area contributed by atoms with E-state index in [1.165, 1.54) is 27.6 Å². The van der Waals surface area contributed by atoms with Crippen molar-refractivity contribution in [1.29, 1.82) is 0 Å². The summed E-state index contributed by atoms with van der Waals surface area (Å²) in [5.41, 5.74) is 3.73. The summed E-state index contributed by atoms with van der Waals surface area (Å²) in [5.74, 6) is -1.50. The number of anilines is 1. The molecule has 1 amide bonds. The molecule has 8 heteroatoms. The Morgan fingerprint density at radius 2 is 1.91 bits per heavy atom. The van der Waals surface area contributed by atoms with Gasteiger partial charge in [0.05, 0.1) is 26.7 Å². The SMILES string of the molecule is Cc1cc(C)c2nc(N3C(=O)C(O)=C(C(=O)c4cccs4)C3c3ccc(Br)cc3)sc2c1. The Morgan fingerprint density at radius 3 is 2.59 bits per heavy atom. The van der Waals surface area contributed by atoms with Crippen LogP contribution in [0.1, 0.15) is 32.4 Å². The van der Waals surface area contributed by atoms with E-state index < -0.39 is 17.7 Å². The third-order valence-corrected chi connectivity index (χ3v) is 7.81. The molecule has 1 aliphatic rings. The van der Waals surface area contributed by atoms with Crippen molar-refractivity contribution in [1.82, 2.24) is 4.98 Å². The summed E-state index contributed by atoms with van der Waals surface area (Å²) in [4.78, 5) is 33.3. The van der Waals surface area contributed by atoms with Crippen LogP contribution in [0.5, 0.6) is 0 Å². The lowest BCUT2D eigenvalue weighted by Crippen LogP contribution is -2.30. The van der Waals surface area contributed by atoms with Gasteiger partial charge in [0.1, 0.15) is 0 Å². The molecule has 1 atom stereocenters. The number of fused-ring (bicyclic) bond motifs is 1. The van der Waals surface area contributed by atoms with Crippen molar-refractivity contribution in [2.75, 3.05) is 4.90 Å². The van der Waals surface area contributed by atoms with Crippen molar-refractivity contribution >= 4 is 65.6 Å². The second kappa shape index (κ2) is 7.95. The Balaban J connectivity index is 1.70. The van der Waals surface area contributed by atoms with Crippen molar-refractivity contribution in [3.05, 3.63) is 91.3 Å². The summed E-state index contributed by atoms with van der Waals surface area (Å²) in [6.07, 6.45) is 0. The normalized spacial score (nSPS) is 16.4. The zero-order valence-electron chi connectivity index (χ0n) is 17.1. The molecule has 1 unspecified atom stereocenters. The third kappa shape index (κ3) is 3.39. The molecule has 32 heavy (non-hydrogen) atoms. The Morgan fingerprint density at radius 1 is 1.16 bits per heavy atom. The first-order valence-corrected chi connectivity index (χ1v) is 12.3. The number of aryl methyl sites for hydroxylation is 2. The number of benzene rings is 2. The molecule has 0 aliphatic carbocycles. The first-order chi connectivity index (χ1) is 15.3. The quantitative estimate of drug-likeness (QED) is 0.308. The van der Waals surface area contributed by atoms with Gasteiger partial charge in [0.25, 0.3) is 5.91 Å². The number of hydrogen-bond donors (Lipinski definition) is 1. The molecule has 0 saturated carbocycles. The Hall–Kier alpha value is -2.81.